The van der Waals surface area contributed by atoms with Crippen molar-refractivity contribution < 1.29 is 14.7 Å². The van der Waals surface area contributed by atoms with Crippen molar-refractivity contribution in [3.05, 3.63) is 41.9 Å². The summed E-state index contributed by atoms with van der Waals surface area (Å²) in [6, 6.07) is 6.22. The van der Waals surface area contributed by atoms with E-state index in [9.17, 15) is 4.79 Å². The molecule has 0 spiro atoms. The number of hydroxylamine groups is 2. The molecule has 0 fully saturated rings. The van der Waals surface area contributed by atoms with Crippen LogP contribution < -0.4 is 4.74 Å². The van der Waals surface area contributed by atoms with Crippen LogP contribution >= 0.6 is 11.6 Å². The number of amides is 1. The Morgan fingerprint density at radius 2 is 2.13 bits per heavy atom. The van der Waals surface area contributed by atoms with Gasteiger partial charge in [0.25, 0.3) is 0 Å². The SMILES string of the molecule is C=CCN(O)C(=O)Oc1ccc(Cl)cc1. The fraction of sp³-hybridized carbons (Fsp3) is 0.100. The summed E-state index contributed by atoms with van der Waals surface area (Å²) in [6.07, 6.45) is 0.514. The third-order valence-electron chi connectivity index (χ3n) is 1.53. The molecule has 15 heavy (non-hydrogen) atoms. The van der Waals surface area contributed by atoms with E-state index in [0.717, 1.165) is 0 Å². The van der Waals surface area contributed by atoms with Gasteiger partial charge in [-0.3, -0.25) is 5.21 Å². The van der Waals surface area contributed by atoms with Crippen LogP contribution in [0.2, 0.25) is 5.02 Å². The Morgan fingerprint density at radius 3 is 2.67 bits per heavy atom. The molecule has 0 atom stereocenters. The van der Waals surface area contributed by atoms with Gasteiger partial charge in [-0.25, -0.2) is 4.79 Å². The molecular weight excluding hydrogens is 218 g/mol. The second-order valence-corrected chi connectivity index (χ2v) is 3.13. The number of hydrogen-bond donors (Lipinski definition) is 1. The van der Waals surface area contributed by atoms with Gasteiger partial charge in [0, 0.05) is 5.02 Å². The molecule has 0 bridgehead atoms. The van der Waals surface area contributed by atoms with E-state index in [4.69, 9.17) is 21.5 Å². The van der Waals surface area contributed by atoms with E-state index in [-0.39, 0.29) is 6.54 Å². The van der Waals surface area contributed by atoms with E-state index in [2.05, 4.69) is 6.58 Å². The van der Waals surface area contributed by atoms with E-state index in [1.165, 1.54) is 18.2 Å². The minimum atomic E-state index is -0.864. The standard InChI is InChI=1S/C10H10ClNO3/c1-2-7-12(14)10(13)15-9-5-3-8(11)4-6-9/h2-6,14H,1,7H2. The highest BCUT2D eigenvalue weighted by Gasteiger charge is 2.11. The topological polar surface area (TPSA) is 49.8 Å². The monoisotopic (exact) mass is 227 g/mol. The van der Waals surface area contributed by atoms with E-state index in [0.29, 0.717) is 15.8 Å². The molecule has 0 saturated carbocycles. The van der Waals surface area contributed by atoms with Crippen LogP contribution in [-0.4, -0.2) is 22.9 Å². The molecule has 0 aliphatic heterocycles. The molecule has 4 nitrogen and oxygen atoms in total. The summed E-state index contributed by atoms with van der Waals surface area (Å²) in [5, 5.41) is 10.1. The lowest BCUT2D eigenvalue weighted by atomic mass is 10.3. The van der Waals surface area contributed by atoms with E-state index in [1.54, 1.807) is 12.1 Å². The predicted molar refractivity (Wildman–Crippen MR) is 56.2 cm³/mol. The second-order valence-electron chi connectivity index (χ2n) is 2.69. The molecule has 1 aromatic rings. The Bertz CT molecular complexity index is 350. The Hall–Kier alpha value is -1.52. The van der Waals surface area contributed by atoms with Gasteiger partial charge in [0.1, 0.15) is 5.75 Å². The van der Waals surface area contributed by atoms with Crippen LogP contribution in [0.1, 0.15) is 0 Å². The van der Waals surface area contributed by atoms with Crippen molar-refractivity contribution in [1.82, 2.24) is 5.06 Å². The van der Waals surface area contributed by atoms with Gasteiger partial charge in [0.15, 0.2) is 0 Å². The van der Waals surface area contributed by atoms with Crippen LogP contribution in [0.3, 0.4) is 0 Å². The predicted octanol–water partition coefficient (Wildman–Crippen LogP) is 2.72. The van der Waals surface area contributed by atoms with Gasteiger partial charge in [-0.2, -0.15) is 5.06 Å². The van der Waals surface area contributed by atoms with Gasteiger partial charge in [0.05, 0.1) is 6.54 Å². The van der Waals surface area contributed by atoms with Crippen molar-refractivity contribution in [1.29, 1.82) is 0 Å². The second kappa shape index (κ2) is 5.38. The summed E-state index contributed by atoms with van der Waals surface area (Å²) >= 11 is 5.65. The molecule has 0 aliphatic rings. The smallest absolute Gasteiger partial charge is 0.409 e. The van der Waals surface area contributed by atoms with Crippen molar-refractivity contribution in [2.24, 2.45) is 0 Å². The molecule has 1 N–H and O–H groups in total. The highest BCUT2D eigenvalue weighted by molar-refractivity contribution is 6.30. The number of benzene rings is 1. The van der Waals surface area contributed by atoms with Gasteiger partial charge >= 0.3 is 6.09 Å². The maximum atomic E-state index is 11.2. The number of nitrogens with zero attached hydrogens (tertiary/aromatic N) is 1. The fourth-order valence-electron chi connectivity index (χ4n) is 0.853. The quantitative estimate of drug-likeness (QED) is 0.491. The Morgan fingerprint density at radius 1 is 1.53 bits per heavy atom. The number of carbonyl (C=O) groups is 1. The summed E-state index contributed by atoms with van der Waals surface area (Å²) in [4.78, 5) is 11.2. The summed E-state index contributed by atoms with van der Waals surface area (Å²) in [5.41, 5.74) is 0. The van der Waals surface area contributed by atoms with E-state index in [1.807, 2.05) is 0 Å². The summed E-state index contributed by atoms with van der Waals surface area (Å²) < 4.78 is 4.81. The molecule has 80 valence electrons. The zero-order chi connectivity index (χ0) is 11.3. The zero-order valence-electron chi connectivity index (χ0n) is 7.89. The lowest BCUT2D eigenvalue weighted by Crippen LogP contribution is -2.30. The van der Waals surface area contributed by atoms with Gasteiger partial charge in [0.2, 0.25) is 0 Å². The fourth-order valence-corrected chi connectivity index (χ4v) is 0.979. The summed E-state index contributed by atoms with van der Waals surface area (Å²) in [7, 11) is 0. The lowest BCUT2D eigenvalue weighted by molar-refractivity contribution is -0.0506. The van der Waals surface area contributed by atoms with Crippen LogP contribution in [-0.2, 0) is 0 Å². The zero-order valence-corrected chi connectivity index (χ0v) is 8.65. The summed E-state index contributed by atoms with van der Waals surface area (Å²) in [5.74, 6) is 0.313. The third kappa shape index (κ3) is 3.61. The van der Waals surface area contributed by atoms with E-state index >= 15 is 0 Å². The van der Waals surface area contributed by atoms with Crippen LogP contribution in [0.15, 0.2) is 36.9 Å². The van der Waals surface area contributed by atoms with Gasteiger partial charge in [-0.05, 0) is 24.3 Å². The Labute approximate surface area is 92.3 Å². The van der Waals surface area contributed by atoms with Crippen LogP contribution in [0.4, 0.5) is 4.79 Å². The van der Waals surface area contributed by atoms with Gasteiger partial charge in [-0.1, -0.05) is 17.7 Å². The maximum Gasteiger partial charge on any atom is 0.439 e. The average Bonchev–Trinajstić information content (AvgIpc) is 2.22. The Kier molecular flexibility index (Phi) is 4.15. The number of carbonyl (C=O) groups excluding carboxylic acids is 1. The molecule has 0 saturated heterocycles. The highest BCUT2D eigenvalue weighted by atomic mass is 35.5. The van der Waals surface area contributed by atoms with Crippen molar-refractivity contribution in [2.75, 3.05) is 6.54 Å². The molecule has 1 rings (SSSR count). The van der Waals surface area contributed by atoms with Crippen LogP contribution in [0.5, 0.6) is 5.75 Å². The molecule has 1 aromatic carbocycles. The number of halogens is 1. The first kappa shape index (κ1) is 11.6. The first-order valence-corrected chi connectivity index (χ1v) is 4.56. The lowest BCUT2D eigenvalue weighted by Gasteiger charge is -2.12. The van der Waals surface area contributed by atoms with Crippen LogP contribution in [0, 0.1) is 0 Å². The first-order chi connectivity index (χ1) is 7.13. The van der Waals surface area contributed by atoms with Gasteiger partial charge in [-0.15, -0.1) is 6.58 Å². The van der Waals surface area contributed by atoms with Crippen molar-refractivity contribution in [2.45, 2.75) is 0 Å². The minimum absolute atomic E-state index is 0.00637. The van der Waals surface area contributed by atoms with Crippen molar-refractivity contribution in [3.63, 3.8) is 0 Å². The highest BCUT2D eigenvalue weighted by Crippen LogP contribution is 2.15. The third-order valence-corrected chi connectivity index (χ3v) is 1.78. The average molecular weight is 228 g/mol. The van der Waals surface area contributed by atoms with E-state index < -0.39 is 6.09 Å². The maximum absolute atomic E-state index is 11.2. The number of ether oxygens (including phenoxy) is 1. The molecule has 5 heteroatoms. The molecular formula is C10H10ClNO3. The normalized spacial score (nSPS) is 9.47. The molecule has 0 aliphatic carbocycles. The number of rotatable bonds is 3. The van der Waals surface area contributed by atoms with Crippen molar-refractivity contribution in [3.8, 4) is 5.75 Å². The van der Waals surface area contributed by atoms with Gasteiger partial charge < -0.3 is 4.74 Å². The first-order valence-electron chi connectivity index (χ1n) is 4.18. The molecule has 1 amide bonds. The van der Waals surface area contributed by atoms with Crippen LogP contribution in [0.25, 0.3) is 0 Å². The minimum Gasteiger partial charge on any atom is -0.409 e. The largest absolute Gasteiger partial charge is 0.439 e. The molecule has 0 radical (unpaired) electrons. The van der Waals surface area contributed by atoms with Crippen molar-refractivity contribution >= 4 is 17.7 Å². The molecule has 0 unspecified atom stereocenters. The molecule has 0 heterocycles. The molecule has 0 aromatic heterocycles. The Balaban J connectivity index is 2.58. The summed E-state index contributed by atoms with van der Waals surface area (Å²) in [6.45, 7) is 3.38. The number of hydrogen-bond acceptors (Lipinski definition) is 3.